The number of thiazole rings is 1. The van der Waals surface area contributed by atoms with Crippen LogP contribution in [0.4, 0.5) is 5.13 Å². The minimum absolute atomic E-state index is 0.0384. The third-order valence-corrected chi connectivity index (χ3v) is 6.11. The number of rotatable bonds is 5. The number of hydrogen-bond acceptors (Lipinski definition) is 4. The van der Waals surface area contributed by atoms with Crippen LogP contribution < -0.4 is 5.32 Å². The van der Waals surface area contributed by atoms with Gasteiger partial charge in [-0.1, -0.05) is 18.2 Å². The first-order valence-electron chi connectivity index (χ1n) is 9.66. The minimum Gasteiger partial charge on any atom is -0.361 e. The van der Waals surface area contributed by atoms with Gasteiger partial charge in [-0.25, -0.2) is 4.98 Å². The molecule has 4 rings (SSSR count). The maximum atomic E-state index is 12.7. The number of fused-ring (bicyclic) bond motifs is 1. The Balaban J connectivity index is 1.33. The van der Waals surface area contributed by atoms with Gasteiger partial charge in [0, 0.05) is 47.7 Å². The second-order valence-corrected chi connectivity index (χ2v) is 8.54. The van der Waals surface area contributed by atoms with Gasteiger partial charge < -0.3 is 15.2 Å². The molecule has 2 amide bonds. The normalized spacial score (nSPS) is 17.0. The number of piperidine rings is 1. The van der Waals surface area contributed by atoms with E-state index in [0.29, 0.717) is 24.5 Å². The van der Waals surface area contributed by atoms with Gasteiger partial charge in [-0.3, -0.25) is 9.59 Å². The topological polar surface area (TPSA) is 78.1 Å². The summed E-state index contributed by atoms with van der Waals surface area (Å²) in [6, 6.07) is 8.13. The SMILES string of the molecule is Cc1cnc(NC(=O)C2CCCN(C(=O)CCc3c[nH]c4ccccc34)C2)s1. The summed E-state index contributed by atoms with van der Waals surface area (Å²) in [5.74, 6) is -0.0913. The van der Waals surface area contributed by atoms with Crippen molar-refractivity contribution in [2.75, 3.05) is 18.4 Å². The Labute approximate surface area is 168 Å². The maximum absolute atomic E-state index is 12.7. The van der Waals surface area contributed by atoms with Crippen molar-refractivity contribution in [3.05, 3.63) is 47.1 Å². The minimum atomic E-state index is -0.171. The number of aromatic nitrogens is 2. The lowest BCUT2D eigenvalue weighted by Crippen LogP contribution is -2.43. The number of carbonyl (C=O) groups excluding carboxylic acids is 2. The molecule has 6 nitrogen and oxygen atoms in total. The summed E-state index contributed by atoms with van der Waals surface area (Å²) in [7, 11) is 0. The number of anilines is 1. The van der Waals surface area contributed by atoms with E-state index in [1.165, 1.54) is 16.7 Å². The van der Waals surface area contributed by atoms with E-state index in [0.717, 1.165) is 35.3 Å². The third kappa shape index (κ3) is 4.09. The summed E-state index contributed by atoms with van der Waals surface area (Å²) < 4.78 is 0. The van der Waals surface area contributed by atoms with E-state index in [1.807, 2.05) is 36.2 Å². The zero-order valence-corrected chi connectivity index (χ0v) is 16.7. The fraction of sp³-hybridized carbons (Fsp3) is 0.381. The average molecular weight is 397 g/mol. The molecule has 1 aliphatic rings. The Bertz CT molecular complexity index is 993. The quantitative estimate of drug-likeness (QED) is 0.690. The molecule has 1 unspecified atom stereocenters. The first-order valence-corrected chi connectivity index (χ1v) is 10.5. The molecule has 1 saturated heterocycles. The number of hydrogen-bond donors (Lipinski definition) is 2. The highest BCUT2D eigenvalue weighted by Crippen LogP contribution is 2.23. The zero-order chi connectivity index (χ0) is 19.5. The fourth-order valence-electron chi connectivity index (χ4n) is 3.78. The molecule has 3 aromatic rings. The summed E-state index contributed by atoms with van der Waals surface area (Å²) in [6.07, 6.45) is 6.56. The number of nitrogens with one attached hydrogen (secondary N) is 2. The van der Waals surface area contributed by atoms with Crippen molar-refractivity contribution in [1.82, 2.24) is 14.9 Å². The van der Waals surface area contributed by atoms with Crippen LogP contribution in [0.3, 0.4) is 0 Å². The molecule has 0 bridgehead atoms. The molecule has 0 saturated carbocycles. The molecular weight excluding hydrogens is 372 g/mol. The number of para-hydroxylation sites is 1. The summed E-state index contributed by atoms with van der Waals surface area (Å²) >= 11 is 1.47. The number of H-pyrrole nitrogens is 1. The largest absolute Gasteiger partial charge is 0.361 e. The van der Waals surface area contributed by atoms with Crippen molar-refractivity contribution < 1.29 is 9.59 Å². The molecular formula is C21H24N4O2S. The molecule has 0 spiro atoms. The number of nitrogens with zero attached hydrogens (tertiary/aromatic N) is 2. The second kappa shape index (κ2) is 8.14. The van der Waals surface area contributed by atoms with E-state index >= 15 is 0 Å². The van der Waals surface area contributed by atoms with Crippen LogP contribution in [0.15, 0.2) is 36.7 Å². The molecule has 1 aliphatic heterocycles. The number of likely N-dealkylation sites (tertiary alicyclic amines) is 1. The Morgan fingerprint density at radius 1 is 1.36 bits per heavy atom. The molecule has 1 fully saturated rings. The van der Waals surface area contributed by atoms with Crippen molar-refractivity contribution in [3.63, 3.8) is 0 Å². The molecule has 3 heterocycles. The smallest absolute Gasteiger partial charge is 0.231 e. The Hall–Kier alpha value is -2.67. The number of aryl methyl sites for hydroxylation is 2. The van der Waals surface area contributed by atoms with Crippen LogP contribution in [0, 0.1) is 12.8 Å². The van der Waals surface area contributed by atoms with Crippen molar-refractivity contribution in [1.29, 1.82) is 0 Å². The summed E-state index contributed by atoms with van der Waals surface area (Å²) in [5, 5.41) is 4.69. The van der Waals surface area contributed by atoms with Crippen LogP contribution in [0.1, 0.15) is 29.7 Å². The highest BCUT2D eigenvalue weighted by atomic mass is 32.1. The number of benzene rings is 1. The van der Waals surface area contributed by atoms with Crippen molar-refractivity contribution >= 4 is 39.2 Å². The van der Waals surface area contributed by atoms with Crippen molar-refractivity contribution in [2.45, 2.75) is 32.6 Å². The van der Waals surface area contributed by atoms with E-state index in [9.17, 15) is 9.59 Å². The third-order valence-electron chi connectivity index (χ3n) is 5.28. The fourth-order valence-corrected chi connectivity index (χ4v) is 4.44. The van der Waals surface area contributed by atoms with Gasteiger partial charge in [0.1, 0.15) is 0 Å². The lowest BCUT2D eigenvalue weighted by molar-refractivity contribution is -0.134. The van der Waals surface area contributed by atoms with Gasteiger partial charge >= 0.3 is 0 Å². The predicted molar refractivity (Wildman–Crippen MR) is 111 cm³/mol. The lowest BCUT2D eigenvalue weighted by atomic mass is 9.96. The molecule has 0 radical (unpaired) electrons. The zero-order valence-electron chi connectivity index (χ0n) is 15.9. The highest BCUT2D eigenvalue weighted by Gasteiger charge is 2.28. The van der Waals surface area contributed by atoms with Gasteiger partial charge in [0.05, 0.1) is 5.92 Å². The van der Waals surface area contributed by atoms with Crippen molar-refractivity contribution in [3.8, 4) is 0 Å². The van der Waals surface area contributed by atoms with Crippen LogP contribution in [0.2, 0.25) is 0 Å². The van der Waals surface area contributed by atoms with Crippen LogP contribution in [0.25, 0.3) is 10.9 Å². The van der Waals surface area contributed by atoms with Gasteiger partial charge in [-0.05, 0) is 37.8 Å². The number of carbonyl (C=O) groups is 2. The Kier molecular flexibility index (Phi) is 5.43. The summed E-state index contributed by atoms with van der Waals surface area (Å²) in [5.41, 5.74) is 2.26. The summed E-state index contributed by atoms with van der Waals surface area (Å²) in [6.45, 7) is 3.18. The van der Waals surface area contributed by atoms with E-state index < -0.39 is 0 Å². The van der Waals surface area contributed by atoms with Gasteiger partial charge in [0.15, 0.2) is 5.13 Å². The van der Waals surface area contributed by atoms with Gasteiger partial charge in [0.2, 0.25) is 11.8 Å². The second-order valence-electron chi connectivity index (χ2n) is 7.30. The van der Waals surface area contributed by atoms with E-state index in [4.69, 9.17) is 0 Å². The van der Waals surface area contributed by atoms with Gasteiger partial charge in [-0.15, -0.1) is 11.3 Å². The first-order chi connectivity index (χ1) is 13.6. The average Bonchev–Trinajstić information content (AvgIpc) is 3.32. The molecule has 146 valence electrons. The van der Waals surface area contributed by atoms with Crippen LogP contribution in [-0.2, 0) is 16.0 Å². The van der Waals surface area contributed by atoms with E-state index in [1.54, 1.807) is 6.20 Å². The van der Waals surface area contributed by atoms with Gasteiger partial charge in [0.25, 0.3) is 0 Å². The highest BCUT2D eigenvalue weighted by molar-refractivity contribution is 7.15. The number of aromatic amines is 1. The van der Waals surface area contributed by atoms with E-state index in [2.05, 4.69) is 21.4 Å². The van der Waals surface area contributed by atoms with Crippen LogP contribution in [0.5, 0.6) is 0 Å². The van der Waals surface area contributed by atoms with Crippen LogP contribution in [-0.4, -0.2) is 39.8 Å². The summed E-state index contributed by atoms with van der Waals surface area (Å²) in [4.78, 5) is 35.6. The monoisotopic (exact) mass is 396 g/mol. The first kappa shape index (κ1) is 18.7. The predicted octanol–water partition coefficient (Wildman–Crippen LogP) is 3.74. The molecule has 1 aromatic carbocycles. The standard InChI is InChI=1S/C21H24N4O2S/c1-14-11-23-21(28-14)24-20(27)16-5-4-10-25(13-16)19(26)9-8-15-12-22-18-7-3-2-6-17(15)18/h2-3,6-7,11-12,16,22H,4-5,8-10,13H2,1H3,(H,23,24,27). The van der Waals surface area contributed by atoms with E-state index in [-0.39, 0.29) is 17.7 Å². The molecule has 2 N–H and O–H groups in total. The molecule has 28 heavy (non-hydrogen) atoms. The Morgan fingerprint density at radius 2 is 2.21 bits per heavy atom. The maximum Gasteiger partial charge on any atom is 0.231 e. The Morgan fingerprint density at radius 3 is 3.04 bits per heavy atom. The molecule has 2 aromatic heterocycles. The molecule has 0 aliphatic carbocycles. The number of amides is 2. The molecule has 1 atom stereocenters. The lowest BCUT2D eigenvalue weighted by Gasteiger charge is -2.32. The van der Waals surface area contributed by atoms with Crippen molar-refractivity contribution in [2.24, 2.45) is 5.92 Å². The van der Waals surface area contributed by atoms with Crippen LogP contribution >= 0.6 is 11.3 Å². The molecule has 7 heteroatoms. The van der Waals surface area contributed by atoms with Gasteiger partial charge in [-0.2, -0.15) is 0 Å².